The summed E-state index contributed by atoms with van der Waals surface area (Å²) in [6.07, 6.45) is 0.707. The molecule has 54 heavy (non-hydrogen) atoms. The second kappa shape index (κ2) is 14.3. The monoisotopic (exact) mass is 762 g/mol. The number of ketones is 1. The molecule has 2 N–H and O–H groups in total. The number of pyridine rings is 1. The number of amides is 3. The molecule has 5 aromatic rings. The summed E-state index contributed by atoms with van der Waals surface area (Å²) in [6, 6.07) is 12.7. The lowest BCUT2D eigenvalue weighted by molar-refractivity contribution is -0.239. The molecule has 8 rings (SSSR count). The number of nitrogens with zero attached hydrogens (tertiary/aromatic N) is 6. The van der Waals surface area contributed by atoms with Crippen LogP contribution in [-0.4, -0.2) is 90.8 Å². The van der Waals surface area contributed by atoms with Crippen LogP contribution in [0.1, 0.15) is 39.1 Å². The number of ether oxygens (including phenoxy) is 1. The Hall–Kier alpha value is -6.28. The molecule has 2 aromatic carbocycles. The Morgan fingerprint density at radius 2 is 1.74 bits per heavy atom. The highest BCUT2D eigenvalue weighted by molar-refractivity contribution is 6.45. The van der Waals surface area contributed by atoms with Crippen LogP contribution >= 0.6 is 11.6 Å². The largest absolute Gasteiger partial charge is 0.445 e. The van der Waals surface area contributed by atoms with Gasteiger partial charge in [0.15, 0.2) is 11.6 Å². The van der Waals surface area contributed by atoms with Crippen molar-refractivity contribution in [2.24, 2.45) is 5.92 Å². The van der Waals surface area contributed by atoms with E-state index in [1.54, 1.807) is 29.2 Å². The molecule has 0 bridgehead atoms. The minimum atomic E-state index is -4.87. The molecule has 1 atom stereocenters. The van der Waals surface area contributed by atoms with Crippen molar-refractivity contribution < 1.29 is 41.5 Å². The molecular formula is C36H27ClF4N8O5. The summed E-state index contributed by atoms with van der Waals surface area (Å²) in [7, 11) is 0. The Morgan fingerprint density at radius 1 is 1.02 bits per heavy atom. The summed E-state index contributed by atoms with van der Waals surface area (Å²) in [4.78, 5) is 59.9. The normalized spacial score (nSPS) is 18.0. The average Bonchev–Trinajstić information content (AvgIpc) is 3.62. The SMILES string of the molecule is O=C(C(=O)N1CCN(C(=O)c2ccccc2)CC1)c1c[nH]c2c(-n3ccnn3)ncc(F)c12.O=C1Nc2ccc(Cl)cc2[C@@](C#CC2CC2)(C(F)(F)F)O1. The smallest absolute Gasteiger partial charge is 0.415 e. The highest BCUT2D eigenvalue weighted by atomic mass is 35.5. The molecule has 0 spiro atoms. The zero-order valence-corrected chi connectivity index (χ0v) is 28.6. The Bertz CT molecular complexity index is 2330. The number of H-pyrrole nitrogens is 1. The van der Waals surface area contributed by atoms with E-state index in [0.29, 0.717) is 18.7 Å². The van der Waals surface area contributed by atoms with E-state index in [4.69, 9.17) is 11.6 Å². The van der Waals surface area contributed by atoms with Gasteiger partial charge in [-0.3, -0.25) is 19.7 Å². The van der Waals surface area contributed by atoms with Gasteiger partial charge in [-0.05, 0) is 49.1 Å². The van der Waals surface area contributed by atoms with Crippen molar-refractivity contribution in [2.45, 2.75) is 24.6 Å². The lowest BCUT2D eigenvalue weighted by Crippen LogP contribution is -2.52. The van der Waals surface area contributed by atoms with Crippen LogP contribution in [0.15, 0.2) is 73.3 Å². The van der Waals surface area contributed by atoms with Crippen LogP contribution in [0.5, 0.6) is 0 Å². The molecule has 13 nitrogen and oxygen atoms in total. The number of carbonyl (C=O) groups is 4. The Labute approximate surface area is 308 Å². The highest BCUT2D eigenvalue weighted by Crippen LogP contribution is 2.48. The van der Waals surface area contributed by atoms with Gasteiger partial charge in [0.05, 0.1) is 40.7 Å². The van der Waals surface area contributed by atoms with Gasteiger partial charge < -0.3 is 19.5 Å². The molecule has 1 saturated heterocycles. The van der Waals surface area contributed by atoms with Crippen molar-refractivity contribution in [3.05, 3.63) is 101 Å². The maximum Gasteiger partial charge on any atom is 0.445 e. The predicted octanol–water partition coefficient (Wildman–Crippen LogP) is 5.52. The van der Waals surface area contributed by atoms with Gasteiger partial charge in [0.2, 0.25) is 0 Å². The zero-order valence-electron chi connectivity index (χ0n) is 27.9. The van der Waals surface area contributed by atoms with E-state index < -0.39 is 35.4 Å². The summed E-state index contributed by atoms with van der Waals surface area (Å²) in [5.41, 5.74) is -2.56. The van der Waals surface area contributed by atoms with Crippen LogP contribution in [0.3, 0.4) is 0 Å². The number of alkyl halides is 3. The summed E-state index contributed by atoms with van der Waals surface area (Å²) < 4.78 is 61.3. The van der Waals surface area contributed by atoms with E-state index in [0.717, 1.165) is 25.1 Å². The van der Waals surface area contributed by atoms with Gasteiger partial charge >= 0.3 is 12.3 Å². The van der Waals surface area contributed by atoms with E-state index in [2.05, 4.69) is 42.2 Å². The van der Waals surface area contributed by atoms with Crippen molar-refractivity contribution in [3.63, 3.8) is 0 Å². The first-order valence-corrected chi connectivity index (χ1v) is 16.8. The number of nitrogens with one attached hydrogen (secondary N) is 2. The summed E-state index contributed by atoms with van der Waals surface area (Å²) in [6.45, 7) is 1.02. The van der Waals surface area contributed by atoms with Gasteiger partial charge in [-0.25, -0.2) is 18.9 Å². The summed E-state index contributed by atoms with van der Waals surface area (Å²) in [5.74, 6) is 2.42. The predicted molar refractivity (Wildman–Crippen MR) is 184 cm³/mol. The van der Waals surface area contributed by atoms with Crippen LogP contribution in [-0.2, 0) is 15.1 Å². The van der Waals surface area contributed by atoms with E-state index in [9.17, 15) is 36.7 Å². The van der Waals surface area contributed by atoms with Gasteiger partial charge in [0, 0.05) is 54.4 Å². The van der Waals surface area contributed by atoms with Gasteiger partial charge in [-0.1, -0.05) is 40.9 Å². The molecule has 3 aromatic heterocycles. The number of aromatic nitrogens is 5. The average molecular weight is 763 g/mol. The Morgan fingerprint density at radius 3 is 2.41 bits per heavy atom. The minimum Gasteiger partial charge on any atom is -0.415 e. The molecule has 2 aliphatic heterocycles. The van der Waals surface area contributed by atoms with Crippen molar-refractivity contribution >= 4 is 51.9 Å². The molecule has 18 heteroatoms. The Kier molecular flexibility index (Phi) is 9.54. The number of hydrogen-bond acceptors (Lipinski definition) is 8. The number of benzene rings is 2. The number of hydrogen-bond donors (Lipinski definition) is 2. The molecule has 1 aliphatic carbocycles. The maximum absolute atomic E-state index is 14.6. The third-order valence-corrected chi connectivity index (χ3v) is 9.10. The van der Waals surface area contributed by atoms with Crippen molar-refractivity contribution in [1.29, 1.82) is 0 Å². The number of carbonyl (C=O) groups excluding carboxylic acids is 4. The molecule has 276 valence electrons. The molecule has 3 amide bonds. The molecule has 5 heterocycles. The number of aromatic amines is 1. The topological polar surface area (TPSA) is 155 Å². The molecule has 3 aliphatic rings. The molecule has 2 fully saturated rings. The standard InChI is InChI=1S/C22H18FN7O3.C14H9ClF3NO2/c23-16-13-25-20(30-7-6-26-27-30)18-17(16)15(12-24-18)19(31)22(33)29-10-8-28(9-11-29)21(32)14-4-2-1-3-5-14;15-9-3-4-11-10(7-9)13(14(16,17)18,21-12(20)19-11)6-5-8-1-2-8/h1-7,12-13,24H,8-11H2;3-4,7-8H,1-2H2,(H,19,20)/t;13-/m.0/s1. The van der Waals surface area contributed by atoms with Gasteiger partial charge in [0.1, 0.15) is 0 Å². The molecular weight excluding hydrogens is 736 g/mol. The number of rotatable bonds is 4. The third kappa shape index (κ3) is 6.95. The van der Waals surface area contributed by atoms with Crippen LogP contribution in [0.4, 0.5) is 28.0 Å². The first-order valence-electron chi connectivity index (χ1n) is 16.5. The van der Waals surface area contributed by atoms with Crippen LogP contribution < -0.4 is 5.32 Å². The first-order chi connectivity index (χ1) is 25.9. The highest BCUT2D eigenvalue weighted by Gasteiger charge is 2.62. The van der Waals surface area contributed by atoms with E-state index in [1.807, 2.05) is 6.07 Å². The zero-order chi connectivity index (χ0) is 38.2. The lowest BCUT2D eigenvalue weighted by atomic mass is 9.90. The molecule has 1 saturated carbocycles. The van der Waals surface area contributed by atoms with Crippen molar-refractivity contribution in [3.8, 4) is 17.7 Å². The molecule has 0 unspecified atom stereocenters. The second-order valence-corrected chi connectivity index (χ2v) is 12.9. The minimum absolute atomic E-state index is 0.00179. The molecule has 0 radical (unpaired) electrons. The van der Waals surface area contributed by atoms with Crippen LogP contribution in [0.25, 0.3) is 16.7 Å². The quantitative estimate of drug-likeness (QED) is 0.105. The fourth-order valence-electron chi connectivity index (χ4n) is 5.96. The number of fused-ring (bicyclic) bond motifs is 2. The van der Waals surface area contributed by atoms with E-state index >= 15 is 0 Å². The lowest BCUT2D eigenvalue weighted by Gasteiger charge is -2.35. The van der Waals surface area contributed by atoms with E-state index in [-0.39, 0.29) is 63.5 Å². The maximum atomic E-state index is 14.6. The Balaban J connectivity index is 0.000000184. The summed E-state index contributed by atoms with van der Waals surface area (Å²) >= 11 is 5.78. The first kappa shape index (κ1) is 36.1. The second-order valence-electron chi connectivity index (χ2n) is 12.4. The summed E-state index contributed by atoms with van der Waals surface area (Å²) in [5, 5.41) is 9.85. The fourth-order valence-corrected chi connectivity index (χ4v) is 6.13. The van der Waals surface area contributed by atoms with Gasteiger partial charge in [0.25, 0.3) is 23.2 Å². The van der Waals surface area contributed by atoms with Gasteiger partial charge in [-0.15, -0.1) is 5.10 Å². The number of cyclic esters (lactones) is 1. The number of halogens is 5. The number of Topliss-reactive ketones (excluding diaryl/α,β-unsaturated/α-hetero) is 1. The fraction of sp³-hybridized carbons (Fsp3) is 0.250. The van der Waals surface area contributed by atoms with Crippen LogP contribution in [0.2, 0.25) is 5.02 Å². The third-order valence-electron chi connectivity index (χ3n) is 8.87. The van der Waals surface area contributed by atoms with Crippen molar-refractivity contribution in [1.82, 2.24) is 34.8 Å². The van der Waals surface area contributed by atoms with Crippen LogP contribution in [0, 0.1) is 23.6 Å². The van der Waals surface area contributed by atoms with Crippen molar-refractivity contribution in [2.75, 3.05) is 31.5 Å². The van der Waals surface area contributed by atoms with E-state index in [1.165, 1.54) is 40.3 Å². The number of piperazine rings is 1. The van der Waals surface area contributed by atoms with Gasteiger partial charge in [-0.2, -0.15) is 13.2 Å². The number of anilines is 1.